The minimum absolute atomic E-state index is 0.187. The number of nitrogens with one attached hydrogen (secondary N) is 1. The van der Waals surface area contributed by atoms with E-state index in [1.165, 1.54) is 25.7 Å². The van der Waals surface area contributed by atoms with Gasteiger partial charge in [-0.05, 0) is 30.7 Å². The van der Waals surface area contributed by atoms with Crippen LogP contribution in [0.4, 0.5) is 0 Å². The van der Waals surface area contributed by atoms with Crippen LogP contribution in [-0.4, -0.2) is 25.8 Å². The highest BCUT2D eigenvalue weighted by molar-refractivity contribution is 4.87. The Labute approximate surface area is 115 Å². The van der Waals surface area contributed by atoms with E-state index in [0.717, 1.165) is 12.5 Å². The molecule has 0 saturated carbocycles. The minimum atomic E-state index is 0.187. The Morgan fingerprint density at radius 2 is 1.61 bits per heavy atom. The second-order valence-corrected chi connectivity index (χ2v) is 6.50. The zero-order valence-corrected chi connectivity index (χ0v) is 13.7. The summed E-state index contributed by atoms with van der Waals surface area (Å²) in [6, 6.07) is 0.472. The summed E-state index contributed by atoms with van der Waals surface area (Å²) < 4.78 is 5.80. The van der Waals surface area contributed by atoms with Gasteiger partial charge in [-0.15, -0.1) is 0 Å². The molecule has 0 aliphatic heterocycles. The van der Waals surface area contributed by atoms with Gasteiger partial charge in [0.2, 0.25) is 0 Å². The van der Waals surface area contributed by atoms with E-state index in [1.807, 2.05) is 7.11 Å². The van der Waals surface area contributed by atoms with Crippen LogP contribution < -0.4 is 5.32 Å². The van der Waals surface area contributed by atoms with E-state index >= 15 is 0 Å². The van der Waals surface area contributed by atoms with Crippen LogP contribution in [0.5, 0.6) is 0 Å². The molecule has 110 valence electrons. The summed E-state index contributed by atoms with van der Waals surface area (Å²) in [6.45, 7) is 14.7. The molecule has 18 heavy (non-hydrogen) atoms. The van der Waals surface area contributed by atoms with Crippen molar-refractivity contribution in [2.75, 3.05) is 13.7 Å². The van der Waals surface area contributed by atoms with E-state index in [2.05, 4.69) is 46.9 Å². The van der Waals surface area contributed by atoms with Crippen molar-refractivity contribution < 1.29 is 4.74 Å². The summed E-state index contributed by atoms with van der Waals surface area (Å²) in [5, 5.41) is 3.70. The minimum Gasteiger partial charge on any atom is -0.379 e. The molecular weight excluding hydrogens is 222 g/mol. The van der Waals surface area contributed by atoms with Crippen LogP contribution in [0.25, 0.3) is 0 Å². The smallest absolute Gasteiger partial charge is 0.0772 e. The quantitative estimate of drug-likeness (QED) is 0.667. The third kappa shape index (κ3) is 6.19. The molecular formula is C16H35NO. The average molecular weight is 257 g/mol. The highest BCUT2D eigenvalue weighted by Crippen LogP contribution is 2.28. The predicted molar refractivity (Wildman–Crippen MR) is 81.0 cm³/mol. The van der Waals surface area contributed by atoms with E-state index < -0.39 is 0 Å². The van der Waals surface area contributed by atoms with Crippen LogP contribution in [0.15, 0.2) is 0 Å². The lowest BCUT2D eigenvalue weighted by atomic mass is 9.80. The fraction of sp³-hybridized carbons (Fsp3) is 1.00. The lowest BCUT2D eigenvalue weighted by Crippen LogP contribution is -2.48. The molecule has 2 unspecified atom stereocenters. The lowest BCUT2D eigenvalue weighted by Gasteiger charge is -2.38. The second kappa shape index (κ2) is 8.92. The van der Waals surface area contributed by atoms with Crippen molar-refractivity contribution in [1.29, 1.82) is 0 Å². The molecule has 0 radical (unpaired) electrons. The van der Waals surface area contributed by atoms with Crippen LogP contribution in [0, 0.1) is 11.3 Å². The Morgan fingerprint density at radius 3 is 1.94 bits per heavy atom. The van der Waals surface area contributed by atoms with Crippen molar-refractivity contribution in [2.45, 2.75) is 79.4 Å². The fourth-order valence-corrected chi connectivity index (χ4v) is 2.75. The maximum atomic E-state index is 5.80. The van der Waals surface area contributed by atoms with Crippen molar-refractivity contribution in [3.8, 4) is 0 Å². The van der Waals surface area contributed by atoms with E-state index in [9.17, 15) is 0 Å². The zero-order valence-electron chi connectivity index (χ0n) is 13.7. The Hall–Kier alpha value is -0.0800. The van der Waals surface area contributed by atoms with Gasteiger partial charge < -0.3 is 10.1 Å². The molecule has 2 atom stereocenters. The maximum absolute atomic E-state index is 5.80. The molecule has 0 aromatic heterocycles. The SMILES string of the molecule is CCCNC(CC(CC)CC)C(OC)C(C)(C)C. The first-order chi connectivity index (χ1) is 8.40. The monoisotopic (exact) mass is 257 g/mol. The van der Waals surface area contributed by atoms with Gasteiger partial charge in [0, 0.05) is 13.2 Å². The zero-order chi connectivity index (χ0) is 14.2. The molecule has 0 heterocycles. The van der Waals surface area contributed by atoms with Crippen molar-refractivity contribution in [1.82, 2.24) is 5.32 Å². The van der Waals surface area contributed by atoms with Gasteiger partial charge in [-0.1, -0.05) is 54.4 Å². The Kier molecular flexibility index (Phi) is 8.89. The molecule has 0 saturated heterocycles. The second-order valence-electron chi connectivity index (χ2n) is 6.50. The standard InChI is InChI=1S/C16H35NO/c1-8-11-17-14(12-13(9-2)10-3)15(18-7)16(4,5)6/h13-15,17H,8-12H2,1-7H3. The average Bonchev–Trinajstić information content (AvgIpc) is 2.31. The summed E-state index contributed by atoms with van der Waals surface area (Å²) in [7, 11) is 1.85. The normalized spacial score (nSPS) is 16.0. The first kappa shape index (κ1) is 17.9. The van der Waals surface area contributed by atoms with Crippen LogP contribution in [0.3, 0.4) is 0 Å². The van der Waals surface area contributed by atoms with Gasteiger partial charge in [0.1, 0.15) is 0 Å². The third-order valence-electron chi connectivity index (χ3n) is 3.87. The highest BCUT2D eigenvalue weighted by atomic mass is 16.5. The number of hydrogen-bond acceptors (Lipinski definition) is 2. The summed E-state index contributed by atoms with van der Waals surface area (Å²) in [5.41, 5.74) is 0.187. The largest absolute Gasteiger partial charge is 0.379 e. The number of rotatable bonds is 9. The molecule has 2 heteroatoms. The molecule has 0 aliphatic carbocycles. The Bertz CT molecular complexity index is 194. The van der Waals surface area contributed by atoms with Crippen LogP contribution in [0.2, 0.25) is 0 Å². The van der Waals surface area contributed by atoms with Crippen LogP contribution in [-0.2, 0) is 4.74 Å². The number of hydrogen-bond donors (Lipinski definition) is 1. The molecule has 0 bridgehead atoms. The van der Waals surface area contributed by atoms with Crippen LogP contribution in [0.1, 0.15) is 67.2 Å². The summed E-state index contributed by atoms with van der Waals surface area (Å²) in [5.74, 6) is 0.805. The van der Waals surface area contributed by atoms with Gasteiger partial charge in [-0.25, -0.2) is 0 Å². The van der Waals surface area contributed by atoms with Crippen LogP contribution >= 0.6 is 0 Å². The highest BCUT2D eigenvalue weighted by Gasteiger charge is 2.32. The molecule has 1 N–H and O–H groups in total. The van der Waals surface area contributed by atoms with E-state index in [-0.39, 0.29) is 11.5 Å². The van der Waals surface area contributed by atoms with Gasteiger partial charge in [0.15, 0.2) is 0 Å². The molecule has 0 aromatic rings. The van der Waals surface area contributed by atoms with Crippen molar-refractivity contribution in [2.24, 2.45) is 11.3 Å². The van der Waals surface area contributed by atoms with Crippen molar-refractivity contribution >= 4 is 0 Å². The molecule has 0 spiro atoms. The van der Waals surface area contributed by atoms with Crippen molar-refractivity contribution in [3.63, 3.8) is 0 Å². The van der Waals surface area contributed by atoms with Gasteiger partial charge in [-0.2, -0.15) is 0 Å². The Balaban J connectivity index is 4.72. The van der Waals surface area contributed by atoms with E-state index in [1.54, 1.807) is 0 Å². The topological polar surface area (TPSA) is 21.3 Å². The van der Waals surface area contributed by atoms with Gasteiger partial charge >= 0.3 is 0 Å². The number of methoxy groups -OCH3 is 1. The van der Waals surface area contributed by atoms with Gasteiger partial charge in [0.25, 0.3) is 0 Å². The van der Waals surface area contributed by atoms with Crippen molar-refractivity contribution in [3.05, 3.63) is 0 Å². The van der Waals surface area contributed by atoms with E-state index in [4.69, 9.17) is 4.74 Å². The van der Waals surface area contributed by atoms with Gasteiger partial charge in [-0.3, -0.25) is 0 Å². The first-order valence-corrected chi connectivity index (χ1v) is 7.66. The molecule has 0 fully saturated rings. The van der Waals surface area contributed by atoms with E-state index in [0.29, 0.717) is 6.04 Å². The summed E-state index contributed by atoms with van der Waals surface area (Å²) in [4.78, 5) is 0. The summed E-state index contributed by atoms with van der Waals surface area (Å²) >= 11 is 0. The molecule has 0 aliphatic rings. The Morgan fingerprint density at radius 1 is 1.06 bits per heavy atom. The fourth-order valence-electron chi connectivity index (χ4n) is 2.75. The number of ether oxygens (including phenoxy) is 1. The molecule has 0 rings (SSSR count). The summed E-state index contributed by atoms with van der Waals surface area (Å²) in [6.07, 6.45) is 5.22. The molecule has 0 amide bonds. The molecule has 0 aromatic carbocycles. The third-order valence-corrected chi connectivity index (χ3v) is 3.87. The lowest BCUT2D eigenvalue weighted by molar-refractivity contribution is -0.0171. The predicted octanol–water partition coefficient (Wildman–Crippen LogP) is 4.24. The van der Waals surface area contributed by atoms with Gasteiger partial charge in [0.05, 0.1) is 6.10 Å². The molecule has 2 nitrogen and oxygen atoms in total. The first-order valence-electron chi connectivity index (χ1n) is 7.66. The maximum Gasteiger partial charge on any atom is 0.0772 e.